The molecule has 2 bridgehead atoms. The number of hydrogen-bond donors (Lipinski definition) is 1. The third-order valence-electron chi connectivity index (χ3n) is 3.33. The Bertz CT molecular complexity index is 175. The molecule has 2 aliphatic heterocycles. The molecule has 60 valence electrons. The number of fused-ring (bicyclic) bond motifs is 2. The molecule has 0 amide bonds. The monoisotopic (exact) mass is 151 g/mol. The van der Waals surface area contributed by atoms with Crippen molar-refractivity contribution in [3.8, 4) is 0 Å². The highest BCUT2D eigenvalue weighted by Crippen LogP contribution is 2.41. The second kappa shape index (κ2) is 2.24. The lowest BCUT2D eigenvalue weighted by Gasteiger charge is -2.30. The van der Waals surface area contributed by atoms with Crippen LogP contribution in [0.1, 0.15) is 20.3 Å². The Morgan fingerprint density at radius 3 is 2.73 bits per heavy atom. The molecule has 11 heavy (non-hydrogen) atoms. The summed E-state index contributed by atoms with van der Waals surface area (Å²) in [6, 6.07) is 0.300. The quantitative estimate of drug-likeness (QED) is 0.543. The van der Waals surface area contributed by atoms with Gasteiger partial charge in [0.1, 0.15) is 7.85 Å². The van der Waals surface area contributed by atoms with E-state index in [1.165, 1.54) is 0 Å². The van der Waals surface area contributed by atoms with Crippen LogP contribution in [0.15, 0.2) is 0 Å². The molecule has 0 saturated carbocycles. The van der Waals surface area contributed by atoms with E-state index in [0.29, 0.717) is 12.0 Å². The minimum absolute atomic E-state index is 0.0457. The summed E-state index contributed by atoms with van der Waals surface area (Å²) < 4.78 is 5.72. The van der Waals surface area contributed by atoms with E-state index in [-0.39, 0.29) is 11.6 Å². The number of hydrogen-bond acceptors (Lipinski definition) is 2. The zero-order chi connectivity index (χ0) is 8.06. The minimum Gasteiger partial charge on any atom is -0.378 e. The van der Waals surface area contributed by atoms with Crippen molar-refractivity contribution in [3.05, 3.63) is 0 Å². The lowest BCUT2D eigenvalue weighted by atomic mass is 9.84. The molecule has 3 heteroatoms. The standard InChI is InChI=1S/C8H14BNO/c1-3-8-4-10-6(5(8)2)7(9)11-8/h5-7,10H,3-4H2,1-2H3/t5?,6-,7+,8-/m0/s1. The van der Waals surface area contributed by atoms with Crippen molar-refractivity contribution in [2.45, 2.75) is 37.9 Å². The smallest absolute Gasteiger partial charge is 0.111 e. The van der Waals surface area contributed by atoms with Crippen molar-refractivity contribution in [1.29, 1.82) is 0 Å². The molecule has 2 rings (SSSR count). The van der Waals surface area contributed by atoms with Gasteiger partial charge in [-0.15, -0.1) is 0 Å². The highest BCUT2D eigenvalue weighted by Gasteiger charge is 2.54. The highest BCUT2D eigenvalue weighted by atomic mass is 16.5. The molecule has 2 fully saturated rings. The zero-order valence-electron chi connectivity index (χ0n) is 7.13. The molecule has 0 aromatic carbocycles. The molecule has 1 unspecified atom stereocenters. The predicted octanol–water partition coefficient (Wildman–Crippen LogP) is 0.268. The Morgan fingerprint density at radius 2 is 2.45 bits per heavy atom. The van der Waals surface area contributed by atoms with Gasteiger partial charge >= 0.3 is 0 Å². The van der Waals surface area contributed by atoms with Gasteiger partial charge in [-0.05, 0) is 6.42 Å². The predicted molar refractivity (Wildman–Crippen MR) is 44.6 cm³/mol. The third-order valence-corrected chi connectivity index (χ3v) is 3.33. The Morgan fingerprint density at radius 1 is 1.73 bits per heavy atom. The molecule has 2 saturated heterocycles. The second-order valence-corrected chi connectivity index (χ2v) is 3.70. The lowest BCUT2D eigenvalue weighted by Crippen LogP contribution is -2.44. The molecule has 1 N–H and O–H groups in total. The van der Waals surface area contributed by atoms with Crippen molar-refractivity contribution < 1.29 is 4.74 Å². The average molecular weight is 151 g/mol. The summed E-state index contributed by atoms with van der Waals surface area (Å²) in [5.41, 5.74) is 0.0457. The maximum absolute atomic E-state index is 5.79. The van der Waals surface area contributed by atoms with Crippen molar-refractivity contribution in [2.75, 3.05) is 6.54 Å². The molecule has 0 spiro atoms. The molecule has 0 aromatic heterocycles. The summed E-state index contributed by atoms with van der Waals surface area (Å²) in [6.07, 6.45) is 1.06. The molecule has 2 aliphatic rings. The largest absolute Gasteiger partial charge is 0.378 e. The van der Waals surface area contributed by atoms with Crippen LogP contribution in [-0.4, -0.2) is 32.0 Å². The summed E-state index contributed by atoms with van der Waals surface area (Å²) in [5.74, 6) is 0.572. The van der Waals surface area contributed by atoms with Crippen LogP contribution >= 0.6 is 0 Å². The van der Waals surface area contributed by atoms with Crippen LogP contribution in [0.2, 0.25) is 0 Å². The summed E-state index contributed by atoms with van der Waals surface area (Å²) in [5, 5.41) is 3.40. The molecule has 0 aromatic rings. The molecular formula is C8H14BNO. The van der Waals surface area contributed by atoms with Gasteiger partial charge in [-0.2, -0.15) is 0 Å². The van der Waals surface area contributed by atoms with Gasteiger partial charge < -0.3 is 10.1 Å². The summed E-state index contributed by atoms with van der Waals surface area (Å²) in [7, 11) is 5.79. The van der Waals surface area contributed by atoms with Crippen LogP contribution < -0.4 is 5.32 Å². The van der Waals surface area contributed by atoms with Crippen molar-refractivity contribution in [2.24, 2.45) is 5.92 Å². The average Bonchev–Trinajstić information content (AvgIpc) is 2.42. The molecule has 4 atom stereocenters. The van der Waals surface area contributed by atoms with E-state index < -0.39 is 0 Å². The first-order valence-electron chi connectivity index (χ1n) is 4.36. The van der Waals surface area contributed by atoms with Crippen LogP contribution in [-0.2, 0) is 4.74 Å². The van der Waals surface area contributed by atoms with E-state index >= 15 is 0 Å². The summed E-state index contributed by atoms with van der Waals surface area (Å²) in [4.78, 5) is 0. The lowest BCUT2D eigenvalue weighted by molar-refractivity contribution is -0.0388. The molecule has 2 nitrogen and oxygen atoms in total. The molecule has 2 radical (unpaired) electrons. The van der Waals surface area contributed by atoms with E-state index in [9.17, 15) is 0 Å². The zero-order valence-corrected chi connectivity index (χ0v) is 7.13. The highest BCUT2D eigenvalue weighted by molar-refractivity contribution is 6.11. The Hall–Kier alpha value is -0.0151. The van der Waals surface area contributed by atoms with Crippen LogP contribution in [0, 0.1) is 5.92 Å². The molecular weight excluding hydrogens is 137 g/mol. The van der Waals surface area contributed by atoms with Gasteiger partial charge in [0.25, 0.3) is 0 Å². The maximum Gasteiger partial charge on any atom is 0.111 e. The normalized spacial score (nSPS) is 55.3. The first-order valence-corrected chi connectivity index (χ1v) is 4.36. The SMILES string of the molecule is [B][C@@H]1O[C@@]2(CC)CN[C@H]1C2C. The fraction of sp³-hybridized carbons (Fsp3) is 1.00. The molecule has 2 heterocycles. The van der Waals surface area contributed by atoms with Crippen LogP contribution in [0.5, 0.6) is 0 Å². The molecule has 0 aliphatic carbocycles. The van der Waals surface area contributed by atoms with Crippen molar-refractivity contribution in [3.63, 3.8) is 0 Å². The van der Waals surface area contributed by atoms with E-state index in [1.54, 1.807) is 0 Å². The van der Waals surface area contributed by atoms with Crippen LogP contribution in [0.4, 0.5) is 0 Å². The minimum atomic E-state index is -0.0845. The van der Waals surface area contributed by atoms with Gasteiger partial charge in [-0.3, -0.25) is 0 Å². The van der Waals surface area contributed by atoms with Crippen LogP contribution in [0.3, 0.4) is 0 Å². The Kier molecular flexibility index (Phi) is 1.55. The van der Waals surface area contributed by atoms with Gasteiger partial charge in [0.2, 0.25) is 0 Å². The van der Waals surface area contributed by atoms with Gasteiger partial charge in [0.15, 0.2) is 0 Å². The van der Waals surface area contributed by atoms with E-state index in [2.05, 4.69) is 19.2 Å². The van der Waals surface area contributed by atoms with Crippen molar-refractivity contribution >= 4 is 7.85 Å². The van der Waals surface area contributed by atoms with E-state index in [4.69, 9.17) is 12.6 Å². The van der Waals surface area contributed by atoms with E-state index in [1.807, 2.05) is 0 Å². The second-order valence-electron chi connectivity index (χ2n) is 3.70. The summed E-state index contributed by atoms with van der Waals surface area (Å²) in [6.45, 7) is 5.36. The van der Waals surface area contributed by atoms with Crippen LogP contribution in [0.25, 0.3) is 0 Å². The fourth-order valence-corrected chi connectivity index (χ4v) is 2.38. The fourth-order valence-electron chi connectivity index (χ4n) is 2.38. The van der Waals surface area contributed by atoms with Gasteiger partial charge in [0, 0.05) is 24.5 Å². The maximum atomic E-state index is 5.79. The van der Waals surface area contributed by atoms with Gasteiger partial charge in [-0.1, -0.05) is 13.8 Å². The number of nitrogens with one attached hydrogen (secondary N) is 1. The number of ether oxygens (including phenoxy) is 1. The van der Waals surface area contributed by atoms with Gasteiger partial charge in [0.05, 0.1) is 5.60 Å². The Labute approximate surface area is 69.1 Å². The number of morpholine rings is 1. The number of rotatable bonds is 1. The summed E-state index contributed by atoms with van der Waals surface area (Å²) >= 11 is 0. The Balaban J connectivity index is 2.24. The van der Waals surface area contributed by atoms with Crippen molar-refractivity contribution in [1.82, 2.24) is 5.32 Å². The third kappa shape index (κ3) is 0.813. The topological polar surface area (TPSA) is 21.3 Å². The first-order chi connectivity index (χ1) is 5.19. The van der Waals surface area contributed by atoms with E-state index in [0.717, 1.165) is 13.0 Å². The first kappa shape index (κ1) is 7.62. The van der Waals surface area contributed by atoms with Gasteiger partial charge in [-0.25, -0.2) is 0 Å².